The molecule has 0 aliphatic rings. The average molecular weight is 309 g/mol. The van der Waals surface area contributed by atoms with Gasteiger partial charge in [-0.1, -0.05) is 12.1 Å². The normalized spacial score (nSPS) is 14.2. The number of hydrogen-bond acceptors (Lipinski definition) is 6. The van der Waals surface area contributed by atoms with Crippen molar-refractivity contribution in [3.63, 3.8) is 0 Å². The van der Waals surface area contributed by atoms with Crippen molar-refractivity contribution >= 4 is 25.9 Å². The van der Waals surface area contributed by atoms with E-state index in [1.165, 1.54) is 6.92 Å². The molecule has 1 rings (SSSR count). The molecule has 3 N–H and O–H groups in total. The lowest BCUT2D eigenvalue weighted by molar-refractivity contribution is 0.283. The van der Waals surface area contributed by atoms with Crippen LogP contribution in [0.25, 0.3) is 0 Å². The molecule has 0 radical (unpaired) electrons. The first-order valence-corrected chi connectivity index (χ1v) is 8.39. The summed E-state index contributed by atoms with van der Waals surface area (Å²) >= 11 is 0. The zero-order valence-corrected chi connectivity index (χ0v) is 11.8. The lowest BCUT2D eigenvalue weighted by atomic mass is 10.1. The second-order valence-corrected chi connectivity index (χ2v) is 7.46. The van der Waals surface area contributed by atoms with E-state index in [0.29, 0.717) is 11.3 Å². The zero-order chi connectivity index (χ0) is 14.7. The van der Waals surface area contributed by atoms with Gasteiger partial charge in [0.2, 0.25) is 0 Å². The van der Waals surface area contributed by atoms with Gasteiger partial charge in [0.15, 0.2) is 9.84 Å². The van der Waals surface area contributed by atoms with E-state index in [1.54, 1.807) is 24.3 Å². The highest BCUT2D eigenvalue weighted by Gasteiger charge is 2.23. The quantitative estimate of drug-likeness (QED) is 0.581. The predicted molar refractivity (Wildman–Crippen MR) is 70.6 cm³/mol. The van der Waals surface area contributed by atoms with E-state index >= 15 is 0 Å². The molecule has 0 aliphatic carbocycles. The van der Waals surface area contributed by atoms with Crippen molar-refractivity contribution in [3.8, 4) is 0 Å². The van der Waals surface area contributed by atoms with Crippen molar-refractivity contribution < 1.29 is 25.6 Å². The lowest BCUT2D eigenvalue weighted by Gasteiger charge is -2.13. The number of nitrogens with two attached hydrogens (primary N) is 1. The van der Waals surface area contributed by atoms with Gasteiger partial charge in [-0.3, -0.25) is 4.55 Å². The Morgan fingerprint density at radius 2 is 1.74 bits per heavy atom. The van der Waals surface area contributed by atoms with Crippen molar-refractivity contribution in [3.05, 3.63) is 29.8 Å². The number of hydrogen-bond donors (Lipinski definition) is 2. The summed E-state index contributed by atoms with van der Waals surface area (Å²) in [4.78, 5) is 0. The molecule has 0 aromatic heterocycles. The monoisotopic (exact) mass is 309 g/mol. The van der Waals surface area contributed by atoms with Crippen molar-refractivity contribution in [1.82, 2.24) is 0 Å². The average Bonchev–Trinajstić information content (AvgIpc) is 2.27. The zero-order valence-electron chi connectivity index (χ0n) is 10.2. The molecule has 9 heteroatoms. The molecule has 108 valence electrons. The van der Waals surface area contributed by atoms with Crippen molar-refractivity contribution in [2.24, 2.45) is 0 Å². The minimum atomic E-state index is -4.62. The summed E-state index contributed by atoms with van der Waals surface area (Å²) in [7, 11) is -8.21. The highest BCUT2D eigenvalue weighted by Crippen LogP contribution is 2.23. The topological polar surface area (TPSA) is 124 Å². The molecule has 0 fully saturated rings. The first-order valence-electron chi connectivity index (χ1n) is 5.31. The summed E-state index contributed by atoms with van der Waals surface area (Å²) in [5.41, 5.74) is 6.56. The van der Waals surface area contributed by atoms with Crippen LogP contribution in [-0.2, 0) is 24.4 Å². The number of anilines is 1. The summed E-state index contributed by atoms with van der Waals surface area (Å²) in [5.74, 6) is -0.516. The van der Waals surface area contributed by atoms with Crippen LogP contribution in [0.2, 0.25) is 0 Å². The van der Waals surface area contributed by atoms with Crippen LogP contribution in [0.5, 0.6) is 0 Å². The van der Waals surface area contributed by atoms with Gasteiger partial charge in [-0.25, -0.2) is 12.6 Å². The van der Waals surface area contributed by atoms with Crippen LogP contribution >= 0.6 is 0 Å². The minimum Gasteiger partial charge on any atom is -0.399 e. The first-order chi connectivity index (χ1) is 8.62. The molecule has 0 saturated carbocycles. The Labute approximate surface area is 112 Å². The molecular weight excluding hydrogens is 294 g/mol. The third kappa shape index (κ3) is 5.15. The SMILES string of the molecule is CC(c1ccc(N)cc1)S(=O)(=O)CCOS(=O)(=O)O. The fraction of sp³-hybridized carbons (Fsp3) is 0.400. The Balaban J connectivity index is 2.74. The maximum absolute atomic E-state index is 11.9. The van der Waals surface area contributed by atoms with Gasteiger partial charge < -0.3 is 5.73 Å². The van der Waals surface area contributed by atoms with Gasteiger partial charge in [0, 0.05) is 5.69 Å². The smallest absolute Gasteiger partial charge is 0.397 e. The van der Waals surface area contributed by atoms with Crippen LogP contribution < -0.4 is 5.73 Å². The van der Waals surface area contributed by atoms with Crippen LogP contribution in [-0.4, -0.2) is 33.7 Å². The standard InChI is InChI=1S/C10H15NO6S2/c1-8(9-2-4-10(11)5-3-9)18(12,13)7-6-17-19(14,15)16/h2-5,8H,6-7,11H2,1H3,(H,14,15,16). The maximum atomic E-state index is 11.9. The van der Waals surface area contributed by atoms with Crippen LogP contribution in [0, 0.1) is 0 Å². The van der Waals surface area contributed by atoms with Gasteiger partial charge in [0.1, 0.15) is 0 Å². The summed E-state index contributed by atoms with van der Waals surface area (Å²) in [6.07, 6.45) is 0. The van der Waals surface area contributed by atoms with Crippen LogP contribution in [0.1, 0.15) is 17.7 Å². The number of rotatable bonds is 6. The number of benzene rings is 1. The first kappa shape index (κ1) is 15.9. The van der Waals surface area contributed by atoms with Gasteiger partial charge in [0.05, 0.1) is 17.6 Å². The molecule has 1 aromatic rings. The third-order valence-corrected chi connectivity index (χ3v) is 5.09. The van der Waals surface area contributed by atoms with E-state index in [2.05, 4.69) is 4.18 Å². The molecule has 1 aromatic carbocycles. The lowest BCUT2D eigenvalue weighted by Crippen LogP contribution is -2.19. The van der Waals surface area contributed by atoms with E-state index in [0.717, 1.165) is 0 Å². The third-order valence-electron chi connectivity index (χ3n) is 2.54. The number of nitrogen functional groups attached to an aromatic ring is 1. The molecular formula is C10H15NO6S2. The van der Waals surface area contributed by atoms with Crippen LogP contribution in [0.4, 0.5) is 5.69 Å². The molecule has 1 atom stereocenters. The predicted octanol–water partition coefficient (Wildman–Crippen LogP) is 0.564. The second kappa shape index (κ2) is 5.87. The van der Waals surface area contributed by atoms with Gasteiger partial charge in [-0.2, -0.15) is 8.42 Å². The molecule has 1 unspecified atom stereocenters. The molecule has 19 heavy (non-hydrogen) atoms. The Bertz CT molecular complexity index is 620. The molecule has 0 heterocycles. The van der Waals surface area contributed by atoms with E-state index < -0.39 is 37.8 Å². The van der Waals surface area contributed by atoms with E-state index in [-0.39, 0.29) is 0 Å². The second-order valence-electron chi connectivity index (χ2n) is 3.93. The van der Waals surface area contributed by atoms with E-state index in [9.17, 15) is 16.8 Å². The van der Waals surface area contributed by atoms with Gasteiger partial charge in [-0.05, 0) is 24.6 Å². The van der Waals surface area contributed by atoms with E-state index in [1.807, 2.05) is 0 Å². The fourth-order valence-corrected chi connectivity index (χ4v) is 3.05. The molecule has 0 spiro atoms. The van der Waals surface area contributed by atoms with Gasteiger partial charge >= 0.3 is 10.4 Å². The summed E-state index contributed by atoms with van der Waals surface area (Å²) in [6.45, 7) is 0.856. The Morgan fingerprint density at radius 1 is 1.21 bits per heavy atom. The molecule has 0 bridgehead atoms. The number of sulfone groups is 1. The Hall–Kier alpha value is -1.16. The highest BCUT2D eigenvalue weighted by molar-refractivity contribution is 7.91. The Morgan fingerprint density at radius 3 is 2.21 bits per heavy atom. The van der Waals surface area contributed by atoms with Crippen LogP contribution in [0.15, 0.2) is 24.3 Å². The molecule has 7 nitrogen and oxygen atoms in total. The summed E-state index contributed by atoms with van der Waals surface area (Å²) in [6, 6.07) is 6.33. The van der Waals surface area contributed by atoms with Crippen LogP contribution in [0.3, 0.4) is 0 Å². The van der Waals surface area contributed by atoms with Crippen molar-refractivity contribution in [1.29, 1.82) is 0 Å². The van der Waals surface area contributed by atoms with Crippen molar-refractivity contribution in [2.45, 2.75) is 12.2 Å². The fourth-order valence-electron chi connectivity index (χ4n) is 1.41. The maximum Gasteiger partial charge on any atom is 0.397 e. The summed E-state index contributed by atoms with van der Waals surface area (Å²) < 4.78 is 56.8. The minimum absolute atomic E-state index is 0.516. The summed E-state index contributed by atoms with van der Waals surface area (Å²) in [5, 5.41) is -0.821. The van der Waals surface area contributed by atoms with Gasteiger partial charge in [-0.15, -0.1) is 0 Å². The van der Waals surface area contributed by atoms with Gasteiger partial charge in [0.25, 0.3) is 0 Å². The van der Waals surface area contributed by atoms with Crippen molar-refractivity contribution in [2.75, 3.05) is 18.1 Å². The Kier molecular flexibility index (Phi) is 4.91. The molecule has 0 aliphatic heterocycles. The largest absolute Gasteiger partial charge is 0.399 e. The highest BCUT2D eigenvalue weighted by atomic mass is 32.3. The molecule has 0 amide bonds. The van der Waals surface area contributed by atoms with E-state index in [4.69, 9.17) is 10.3 Å². The molecule has 0 saturated heterocycles.